The van der Waals surface area contributed by atoms with E-state index in [4.69, 9.17) is 4.52 Å². The zero-order valence-electron chi connectivity index (χ0n) is 14.2. The van der Waals surface area contributed by atoms with E-state index in [1.165, 1.54) is 19.4 Å². The van der Waals surface area contributed by atoms with Gasteiger partial charge < -0.3 is 19.6 Å². The Morgan fingerprint density at radius 1 is 1.17 bits per heavy atom. The minimum absolute atomic E-state index is 0.106. The lowest BCUT2D eigenvalue weighted by atomic mass is 10.2. The molecular weight excluding hydrogens is 306 g/mol. The number of nitrogens with one attached hydrogen (secondary N) is 1. The van der Waals surface area contributed by atoms with Gasteiger partial charge in [0.1, 0.15) is 6.26 Å². The van der Waals surface area contributed by atoms with Gasteiger partial charge in [0.2, 0.25) is 0 Å². The molecule has 7 heteroatoms. The van der Waals surface area contributed by atoms with Crippen molar-refractivity contribution < 1.29 is 9.32 Å². The van der Waals surface area contributed by atoms with Crippen molar-refractivity contribution in [3.8, 4) is 0 Å². The van der Waals surface area contributed by atoms with E-state index in [0.717, 1.165) is 63.8 Å². The molecule has 1 aromatic rings. The molecular formula is C17H27N5O2. The lowest BCUT2D eigenvalue weighted by molar-refractivity contribution is 0.131. The molecule has 3 heterocycles. The molecule has 132 valence electrons. The summed E-state index contributed by atoms with van der Waals surface area (Å²) in [7, 11) is 0. The van der Waals surface area contributed by atoms with E-state index < -0.39 is 0 Å². The highest BCUT2D eigenvalue weighted by molar-refractivity contribution is 5.74. The number of hydrogen-bond donors (Lipinski definition) is 1. The molecule has 0 unspecified atom stereocenters. The summed E-state index contributed by atoms with van der Waals surface area (Å²) < 4.78 is 4.87. The van der Waals surface area contributed by atoms with Crippen LogP contribution in [0.3, 0.4) is 0 Å². The lowest BCUT2D eigenvalue weighted by Crippen LogP contribution is -2.53. The number of hydrogen-bond acceptors (Lipinski definition) is 5. The molecule has 1 aliphatic carbocycles. The highest BCUT2D eigenvalue weighted by atomic mass is 16.5. The average Bonchev–Trinajstić information content (AvgIpc) is 3.06. The number of amides is 2. The van der Waals surface area contributed by atoms with Crippen molar-refractivity contribution >= 4 is 6.03 Å². The van der Waals surface area contributed by atoms with Gasteiger partial charge in [0, 0.05) is 64.5 Å². The molecule has 2 amide bonds. The van der Waals surface area contributed by atoms with Gasteiger partial charge in [0.25, 0.3) is 0 Å². The van der Waals surface area contributed by atoms with Gasteiger partial charge in [-0.1, -0.05) is 5.16 Å². The van der Waals surface area contributed by atoms with E-state index in [1.54, 1.807) is 6.26 Å². The maximum atomic E-state index is 12.5. The van der Waals surface area contributed by atoms with Gasteiger partial charge in [-0.15, -0.1) is 0 Å². The number of carbonyl (C=O) groups excluding carboxylic acids is 1. The smallest absolute Gasteiger partial charge is 0.317 e. The van der Waals surface area contributed by atoms with E-state index in [9.17, 15) is 4.79 Å². The van der Waals surface area contributed by atoms with Gasteiger partial charge in [0.15, 0.2) is 0 Å². The summed E-state index contributed by atoms with van der Waals surface area (Å²) in [5, 5.41) is 7.18. The first-order valence-electron chi connectivity index (χ1n) is 9.15. The molecule has 2 saturated heterocycles. The second kappa shape index (κ2) is 7.11. The average molecular weight is 333 g/mol. The third-order valence-corrected chi connectivity index (χ3v) is 5.35. The van der Waals surface area contributed by atoms with Crippen molar-refractivity contribution in [1.29, 1.82) is 0 Å². The van der Waals surface area contributed by atoms with Crippen LogP contribution in [-0.4, -0.2) is 77.7 Å². The number of urea groups is 1. The molecule has 1 atom stereocenters. The van der Waals surface area contributed by atoms with Gasteiger partial charge >= 0.3 is 6.03 Å². The Labute approximate surface area is 142 Å². The van der Waals surface area contributed by atoms with Gasteiger partial charge in [-0.25, -0.2) is 4.79 Å². The largest absolute Gasteiger partial charge is 0.364 e. The molecule has 3 aliphatic rings. The molecule has 4 rings (SSSR count). The Morgan fingerprint density at radius 2 is 2.00 bits per heavy atom. The molecule has 0 spiro atoms. The Kier molecular flexibility index (Phi) is 4.71. The predicted molar refractivity (Wildman–Crippen MR) is 89.5 cm³/mol. The van der Waals surface area contributed by atoms with Crippen molar-refractivity contribution in [2.75, 3.05) is 45.8 Å². The van der Waals surface area contributed by atoms with Gasteiger partial charge in [-0.05, 0) is 25.2 Å². The topological polar surface area (TPSA) is 64.9 Å². The molecule has 7 nitrogen and oxygen atoms in total. The summed E-state index contributed by atoms with van der Waals surface area (Å²) in [6.07, 6.45) is 5.48. The van der Waals surface area contributed by atoms with Crippen LogP contribution < -0.4 is 5.32 Å². The standard InChI is InChI=1S/C17H27N5O2/c23-17(18-15-3-5-21(12-15)11-14-1-2-14)22-8-6-20(7-9-22)13-16-4-10-24-19-16/h4,10,14-15H,1-3,5-9,11-13H2,(H,18,23)/t15-/m1/s1. The second-order valence-electron chi connectivity index (χ2n) is 7.39. The van der Waals surface area contributed by atoms with Crippen LogP contribution in [0.25, 0.3) is 0 Å². The lowest BCUT2D eigenvalue weighted by Gasteiger charge is -2.34. The van der Waals surface area contributed by atoms with Gasteiger partial charge in [-0.2, -0.15) is 0 Å². The van der Waals surface area contributed by atoms with E-state index in [2.05, 4.69) is 20.3 Å². The van der Waals surface area contributed by atoms with Crippen LogP contribution >= 0.6 is 0 Å². The zero-order valence-corrected chi connectivity index (χ0v) is 14.2. The molecule has 1 N–H and O–H groups in total. The number of piperazine rings is 1. The fraction of sp³-hybridized carbons (Fsp3) is 0.765. The van der Waals surface area contributed by atoms with E-state index >= 15 is 0 Å². The van der Waals surface area contributed by atoms with Crippen LogP contribution in [0.4, 0.5) is 4.79 Å². The van der Waals surface area contributed by atoms with Crippen molar-refractivity contribution in [3.63, 3.8) is 0 Å². The van der Waals surface area contributed by atoms with Crippen LogP contribution in [0.1, 0.15) is 25.0 Å². The minimum atomic E-state index is 0.106. The van der Waals surface area contributed by atoms with Crippen LogP contribution in [0, 0.1) is 5.92 Å². The highest BCUT2D eigenvalue weighted by Gasteiger charge is 2.31. The SMILES string of the molecule is O=C(N[C@@H]1CCN(CC2CC2)C1)N1CCN(Cc2ccon2)CC1. The predicted octanol–water partition coefficient (Wildman–Crippen LogP) is 0.986. The fourth-order valence-electron chi connectivity index (χ4n) is 3.71. The second-order valence-corrected chi connectivity index (χ2v) is 7.39. The molecule has 0 radical (unpaired) electrons. The summed E-state index contributed by atoms with van der Waals surface area (Å²) in [6, 6.07) is 2.32. The minimum Gasteiger partial charge on any atom is -0.364 e. The van der Waals surface area contributed by atoms with Crippen LogP contribution in [0.5, 0.6) is 0 Å². The first-order chi connectivity index (χ1) is 11.8. The van der Waals surface area contributed by atoms with E-state index in [1.807, 2.05) is 11.0 Å². The third-order valence-electron chi connectivity index (χ3n) is 5.35. The maximum absolute atomic E-state index is 12.5. The molecule has 1 aromatic heterocycles. The number of likely N-dealkylation sites (tertiary alicyclic amines) is 1. The summed E-state index contributed by atoms with van der Waals surface area (Å²) in [4.78, 5) is 19.2. The third kappa shape index (κ3) is 4.08. The highest BCUT2D eigenvalue weighted by Crippen LogP contribution is 2.30. The molecule has 1 saturated carbocycles. The van der Waals surface area contributed by atoms with Gasteiger partial charge in [-0.3, -0.25) is 4.90 Å². The summed E-state index contributed by atoms with van der Waals surface area (Å²) >= 11 is 0. The van der Waals surface area contributed by atoms with Crippen molar-refractivity contribution in [3.05, 3.63) is 18.0 Å². The first-order valence-corrected chi connectivity index (χ1v) is 9.15. The summed E-state index contributed by atoms with van der Waals surface area (Å²) in [5.41, 5.74) is 0.953. The summed E-state index contributed by atoms with van der Waals surface area (Å²) in [5.74, 6) is 0.928. The van der Waals surface area contributed by atoms with Crippen LogP contribution in [0.2, 0.25) is 0 Å². The van der Waals surface area contributed by atoms with E-state index in [-0.39, 0.29) is 6.03 Å². The van der Waals surface area contributed by atoms with Crippen molar-refractivity contribution in [2.45, 2.75) is 31.8 Å². The quantitative estimate of drug-likeness (QED) is 0.870. The number of rotatable bonds is 5. The van der Waals surface area contributed by atoms with Crippen molar-refractivity contribution in [1.82, 2.24) is 25.2 Å². The van der Waals surface area contributed by atoms with Crippen LogP contribution in [0.15, 0.2) is 16.9 Å². The Bertz CT molecular complexity index is 537. The monoisotopic (exact) mass is 333 g/mol. The van der Waals surface area contributed by atoms with Gasteiger partial charge in [0.05, 0.1) is 5.69 Å². The van der Waals surface area contributed by atoms with Crippen molar-refractivity contribution in [2.24, 2.45) is 5.92 Å². The number of nitrogens with zero attached hydrogens (tertiary/aromatic N) is 4. The van der Waals surface area contributed by atoms with E-state index in [0.29, 0.717) is 6.04 Å². The normalized spacial score (nSPS) is 26.0. The Hall–Kier alpha value is -1.60. The Balaban J connectivity index is 1.17. The fourth-order valence-corrected chi connectivity index (χ4v) is 3.71. The summed E-state index contributed by atoms with van der Waals surface area (Å²) in [6.45, 7) is 7.51. The molecule has 3 fully saturated rings. The van der Waals surface area contributed by atoms with Crippen LogP contribution in [-0.2, 0) is 6.54 Å². The first kappa shape index (κ1) is 15.9. The molecule has 0 aromatic carbocycles. The molecule has 2 aliphatic heterocycles. The molecule has 24 heavy (non-hydrogen) atoms. The maximum Gasteiger partial charge on any atom is 0.317 e. The Morgan fingerprint density at radius 3 is 2.71 bits per heavy atom. The number of carbonyl (C=O) groups is 1. The molecule has 0 bridgehead atoms. The number of aromatic nitrogens is 1. The zero-order chi connectivity index (χ0) is 16.4.